The van der Waals surface area contributed by atoms with E-state index in [-0.39, 0.29) is 12.1 Å². The van der Waals surface area contributed by atoms with Gasteiger partial charge in [-0.1, -0.05) is 29.8 Å². The van der Waals surface area contributed by atoms with Crippen LogP contribution in [0.4, 0.5) is 4.79 Å². The largest absolute Gasteiger partial charge is 0.449 e. The van der Waals surface area contributed by atoms with Crippen molar-refractivity contribution in [1.82, 2.24) is 5.32 Å². The predicted molar refractivity (Wildman–Crippen MR) is 53.0 cm³/mol. The minimum Gasteiger partial charge on any atom is -0.449 e. The van der Waals surface area contributed by atoms with E-state index in [4.69, 9.17) is 4.74 Å². The Morgan fingerprint density at radius 3 is 2.71 bits per heavy atom. The summed E-state index contributed by atoms with van der Waals surface area (Å²) in [6, 6.07) is 8.31. The van der Waals surface area contributed by atoms with Gasteiger partial charge in [0.1, 0.15) is 0 Å². The van der Waals surface area contributed by atoms with Gasteiger partial charge in [0, 0.05) is 6.42 Å². The molecule has 1 heterocycles. The molecule has 1 N–H and O–H groups in total. The van der Waals surface area contributed by atoms with E-state index in [1.165, 1.54) is 5.56 Å². The van der Waals surface area contributed by atoms with Crippen LogP contribution in [0.3, 0.4) is 0 Å². The molecule has 1 unspecified atom stereocenters. The van der Waals surface area contributed by atoms with Crippen molar-refractivity contribution in [3.05, 3.63) is 35.4 Å². The molecule has 0 radical (unpaired) electrons. The van der Waals surface area contributed by atoms with E-state index < -0.39 is 0 Å². The number of hydrogen-bond donors (Lipinski definition) is 1. The maximum atomic E-state index is 11.0. The van der Waals surface area contributed by atoms with Crippen molar-refractivity contribution in [2.75, 3.05) is 6.61 Å². The van der Waals surface area contributed by atoms with Crippen molar-refractivity contribution < 1.29 is 9.53 Å². The van der Waals surface area contributed by atoms with Gasteiger partial charge >= 0.3 is 6.09 Å². The first kappa shape index (κ1) is 9.06. The first-order valence-electron chi connectivity index (χ1n) is 4.75. The average Bonchev–Trinajstić information content (AvgIpc) is 2.19. The van der Waals surface area contributed by atoms with Crippen LogP contribution < -0.4 is 5.32 Å². The molecule has 1 amide bonds. The second-order valence-corrected chi connectivity index (χ2v) is 3.53. The molecule has 0 spiro atoms. The number of alkyl carbamates (subject to hydrolysis) is 1. The molecule has 1 saturated heterocycles. The fraction of sp³-hybridized carbons (Fsp3) is 0.364. The van der Waals surface area contributed by atoms with Crippen LogP contribution in [0.5, 0.6) is 0 Å². The number of rotatable bonds is 1. The summed E-state index contributed by atoms with van der Waals surface area (Å²) < 4.78 is 4.80. The molecule has 0 aliphatic carbocycles. The van der Waals surface area contributed by atoms with Gasteiger partial charge in [0.25, 0.3) is 0 Å². The molecule has 3 heteroatoms. The van der Waals surface area contributed by atoms with Crippen molar-refractivity contribution in [2.24, 2.45) is 0 Å². The van der Waals surface area contributed by atoms with E-state index in [0.717, 1.165) is 12.0 Å². The molecule has 2 rings (SSSR count). The summed E-state index contributed by atoms with van der Waals surface area (Å²) >= 11 is 0. The third-order valence-electron chi connectivity index (χ3n) is 2.41. The van der Waals surface area contributed by atoms with Gasteiger partial charge in [-0.2, -0.15) is 0 Å². The highest BCUT2D eigenvalue weighted by Gasteiger charge is 2.20. The van der Waals surface area contributed by atoms with Gasteiger partial charge in [-0.3, -0.25) is 0 Å². The number of ether oxygens (including phenoxy) is 1. The van der Waals surface area contributed by atoms with Crippen LogP contribution in [0, 0.1) is 6.92 Å². The summed E-state index contributed by atoms with van der Waals surface area (Å²) in [5.74, 6) is 0. The lowest BCUT2D eigenvalue weighted by Gasteiger charge is -2.23. The Morgan fingerprint density at radius 2 is 2.07 bits per heavy atom. The topological polar surface area (TPSA) is 38.3 Å². The van der Waals surface area contributed by atoms with Crippen molar-refractivity contribution in [3.63, 3.8) is 0 Å². The van der Waals surface area contributed by atoms with Crippen LogP contribution in [-0.4, -0.2) is 12.7 Å². The monoisotopic (exact) mass is 191 g/mol. The number of carbonyl (C=O) groups excluding carboxylic acids is 1. The molecule has 3 nitrogen and oxygen atoms in total. The third kappa shape index (κ3) is 1.87. The molecule has 1 aromatic rings. The number of cyclic esters (lactones) is 1. The second kappa shape index (κ2) is 3.70. The lowest BCUT2D eigenvalue weighted by molar-refractivity contribution is 0.115. The van der Waals surface area contributed by atoms with Crippen LogP contribution in [0.15, 0.2) is 24.3 Å². The number of benzene rings is 1. The van der Waals surface area contributed by atoms with Gasteiger partial charge < -0.3 is 10.1 Å². The lowest BCUT2D eigenvalue weighted by Crippen LogP contribution is -2.35. The molecule has 0 bridgehead atoms. The standard InChI is InChI=1S/C11H13NO2/c1-8-2-4-9(5-3-8)10-6-7-14-11(13)12-10/h2-5,10H,6-7H2,1H3,(H,12,13). The fourth-order valence-corrected chi connectivity index (χ4v) is 1.57. The molecule has 1 aromatic carbocycles. The molecule has 0 aromatic heterocycles. The average molecular weight is 191 g/mol. The lowest BCUT2D eigenvalue weighted by atomic mass is 10.0. The highest BCUT2D eigenvalue weighted by Crippen LogP contribution is 2.20. The Morgan fingerprint density at radius 1 is 1.36 bits per heavy atom. The molecule has 1 aliphatic rings. The summed E-state index contributed by atoms with van der Waals surface area (Å²) in [5.41, 5.74) is 2.37. The molecule has 1 atom stereocenters. The van der Waals surface area contributed by atoms with E-state index in [1.807, 2.05) is 19.1 Å². The van der Waals surface area contributed by atoms with Gasteiger partial charge in [-0.25, -0.2) is 4.79 Å². The Labute approximate surface area is 83.1 Å². The van der Waals surface area contributed by atoms with Gasteiger partial charge in [0.05, 0.1) is 12.6 Å². The predicted octanol–water partition coefficient (Wildman–Crippen LogP) is 2.17. The number of nitrogens with one attached hydrogen (secondary N) is 1. The summed E-state index contributed by atoms with van der Waals surface area (Å²) in [4.78, 5) is 11.0. The van der Waals surface area contributed by atoms with E-state index in [0.29, 0.717) is 6.61 Å². The van der Waals surface area contributed by atoms with Crippen LogP contribution in [0.25, 0.3) is 0 Å². The van der Waals surface area contributed by atoms with Crippen LogP contribution in [0.2, 0.25) is 0 Å². The SMILES string of the molecule is Cc1ccc(C2CCOC(=O)N2)cc1. The van der Waals surface area contributed by atoms with Gasteiger partial charge in [0.15, 0.2) is 0 Å². The Balaban J connectivity index is 2.14. The molecule has 1 fully saturated rings. The van der Waals surface area contributed by atoms with Crippen molar-refractivity contribution in [1.29, 1.82) is 0 Å². The van der Waals surface area contributed by atoms with E-state index in [9.17, 15) is 4.79 Å². The zero-order chi connectivity index (χ0) is 9.97. The highest BCUT2D eigenvalue weighted by atomic mass is 16.5. The Kier molecular flexibility index (Phi) is 2.39. The molecule has 14 heavy (non-hydrogen) atoms. The number of hydrogen-bond acceptors (Lipinski definition) is 2. The molecule has 1 aliphatic heterocycles. The summed E-state index contributed by atoms with van der Waals surface area (Å²) in [6.07, 6.45) is 0.524. The van der Waals surface area contributed by atoms with Crippen LogP contribution in [-0.2, 0) is 4.74 Å². The zero-order valence-corrected chi connectivity index (χ0v) is 8.12. The smallest absolute Gasteiger partial charge is 0.407 e. The quantitative estimate of drug-likeness (QED) is 0.738. The molecule has 0 saturated carbocycles. The molecular formula is C11H13NO2. The highest BCUT2D eigenvalue weighted by molar-refractivity contribution is 5.68. The molecular weight excluding hydrogens is 178 g/mol. The van der Waals surface area contributed by atoms with E-state index in [1.54, 1.807) is 0 Å². The van der Waals surface area contributed by atoms with E-state index in [2.05, 4.69) is 17.4 Å². The maximum absolute atomic E-state index is 11.0. The minimum absolute atomic E-state index is 0.108. The number of aryl methyl sites for hydroxylation is 1. The number of amides is 1. The van der Waals surface area contributed by atoms with E-state index >= 15 is 0 Å². The first-order chi connectivity index (χ1) is 6.75. The van der Waals surface area contributed by atoms with Gasteiger partial charge in [0.2, 0.25) is 0 Å². The van der Waals surface area contributed by atoms with Crippen LogP contribution in [0.1, 0.15) is 23.6 Å². The van der Waals surface area contributed by atoms with Gasteiger partial charge in [-0.05, 0) is 12.5 Å². The normalized spacial score (nSPS) is 21.2. The summed E-state index contributed by atoms with van der Waals surface area (Å²) in [5, 5.41) is 2.79. The second-order valence-electron chi connectivity index (χ2n) is 3.53. The van der Waals surface area contributed by atoms with Gasteiger partial charge in [-0.15, -0.1) is 0 Å². The minimum atomic E-state index is -0.318. The van der Waals surface area contributed by atoms with Crippen molar-refractivity contribution >= 4 is 6.09 Å². The number of carbonyl (C=O) groups is 1. The van der Waals surface area contributed by atoms with Crippen LogP contribution >= 0.6 is 0 Å². The summed E-state index contributed by atoms with van der Waals surface area (Å²) in [7, 11) is 0. The fourth-order valence-electron chi connectivity index (χ4n) is 1.57. The maximum Gasteiger partial charge on any atom is 0.407 e. The third-order valence-corrected chi connectivity index (χ3v) is 2.41. The Hall–Kier alpha value is -1.51. The van der Waals surface area contributed by atoms with Crippen molar-refractivity contribution in [2.45, 2.75) is 19.4 Å². The zero-order valence-electron chi connectivity index (χ0n) is 8.12. The van der Waals surface area contributed by atoms with Crippen molar-refractivity contribution in [3.8, 4) is 0 Å². The summed E-state index contributed by atoms with van der Waals surface area (Å²) in [6.45, 7) is 2.55. The Bertz CT molecular complexity index is 332. The molecule has 74 valence electrons. The first-order valence-corrected chi connectivity index (χ1v) is 4.75.